The van der Waals surface area contributed by atoms with Crippen LogP contribution in [0.15, 0.2) is 18.2 Å². The van der Waals surface area contributed by atoms with E-state index >= 15 is 0 Å². The van der Waals surface area contributed by atoms with Gasteiger partial charge in [0.25, 0.3) is 0 Å². The van der Waals surface area contributed by atoms with Crippen molar-refractivity contribution in [3.05, 3.63) is 18.2 Å². The summed E-state index contributed by atoms with van der Waals surface area (Å²) < 4.78 is 14.5. The van der Waals surface area contributed by atoms with E-state index in [0.717, 1.165) is 0 Å². The second kappa shape index (κ2) is 8.80. The number of carbonyl (C=O) groups excluding carboxylic acids is 2. The van der Waals surface area contributed by atoms with Crippen molar-refractivity contribution in [3.63, 3.8) is 0 Å². The zero-order valence-corrected chi connectivity index (χ0v) is 13.2. The molecule has 120 valence electrons. The molecule has 1 aromatic carbocycles. The third kappa shape index (κ3) is 5.94. The highest BCUT2D eigenvalue weighted by atomic mass is 32.1. The Kier molecular flexibility index (Phi) is 7.06. The minimum Gasteiger partial charge on any atom is -0.467 e. The molecule has 0 bridgehead atoms. The standard InChI is InChI=1S/C13H17N3O5S/c1-8(17)14-11-6-9(21-7-19-2)4-5-10(11)15-12(22)16-13(18)20-3/h4-6H,7H2,1-3H3,(H,14,17)(H2,15,16,18,22). The SMILES string of the molecule is COCOc1ccc(NC(=S)NC(=O)OC)c(NC(C)=O)c1. The lowest BCUT2D eigenvalue weighted by Gasteiger charge is -2.15. The van der Waals surface area contributed by atoms with Gasteiger partial charge in [-0.25, -0.2) is 4.79 Å². The minimum atomic E-state index is -0.696. The van der Waals surface area contributed by atoms with Crippen molar-refractivity contribution >= 4 is 40.7 Å². The fourth-order valence-corrected chi connectivity index (χ4v) is 1.63. The van der Waals surface area contributed by atoms with Gasteiger partial charge < -0.3 is 24.8 Å². The summed E-state index contributed by atoms with van der Waals surface area (Å²) in [7, 11) is 2.73. The molecule has 0 atom stereocenters. The molecular formula is C13H17N3O5S. The molecule has 0 aliphatic heterocycles. The molecule has 0 spiro atoms. The van der Waals surface area contributed by atoms with Crippen molar-refractivity contribution in [2.45, 2.75) is 6.92 Å². The van der Waals surface area contributed by atoms with Gasteiger partial charge in [0.1, 0.15) is 5.75 Å². The lowest BCUT2D eigenvalue weighted by molar-refractivity contribution is -0.114. The number of hydrogen-bond acceptors (Lipinski definition) is 6. The monoisotopic (exact) mass is 327 g/mol. The Labute approximate surface area is 133 Å². The number of hydrogen-bond donors (Lipinski definition) is 3. The Balaban J connectivity index is 2.89. The zero-order valence-electron chi connectivity index (χ0n) is 12.4. The molecule has 22 heavy (non-hydrogen) atoms. The Bertz CT molecular complexity index is 565. The molecule has 2 amide bonds. The van der Waals surface area contributed by atoms with Gasteiger partial charge in [-0.3, -0.25) is 10.1 Å². The first kappa shape index (κ1) is 17.7. The predicted octanol–water partition coefficient (Wildman–Crippen LogP) is 1.68. The molecule has 3 N–H and O–H groups in total. The quantitative estimate of drug-likeness (QED) is 0.559. The van der Waals surface area contributed by atoms with E-state index in [-0.39, 0.29) is 17.8 Å². The van der Waals surface area contributed by atoms with Crippen LogP contribution < -0.4 is 20.7 Å². The fraction of sp³-hybridized carbons (Fsp3) is 0.308. The van der Waals surface area contributed by atoms with Crippen LogP contribution >= 0.6 is 12.2 Å². The normalized spacial score (nSPS) is 9.59. The summed E-state index contributed by atoms with van der Waals surface area (Å²) >= 11 is 4.97. The van der Waals surface area contributed by atoms with Crippen molar-refractivity contribution < 1.29 is 23.8 Å². The number of nitrogens with one attached hydrogen (secondary N) is 3. The van der Waals surface area contributed by atoms with Crippen molar-refractivity contribution in [2.24, 2.45) is 0 Å². The number of amides is 2. The molecule has 1 rings (SSSR count). The van der Waals surface area contributed by atoms with Gasteiger partial charge in [0.05, 0.1) is 18.5 Å². The number of ether oxygens (including phenoxy) is 3. The minimum absolute atomic E-state index is 0.0315. The average molecular weight is 327 g/mol. The Morgan fingerprint density at radius 2 is 1.91 bits per heavy atom. The molecule has 0 saturated carbocycles. The van der Waals surface area contributed by atoms with E-state index in [4.69, 9.17) is 21.7 Å². The summed E-state index contributed by atoms with van der Waals surface area (Å²) in [6.45, 7) is 1.45. The first-order chi connectivity index (χ1) is 10.5. The van der Waals surface area contributed by atoms with Crippen LogP contribution in [0.3, 0.4) is 0 Å². The van der Waals surface area contributed by atoms with Crippen LogP contribution in [0.5, 0.6) is 5.75 Å². The lowest BCUT2D eigenvalue weighted by atomic mass is 10.2. The molecule has 9 heteroatoms. The fourth-order valence-electron chi connectivity index (χ4n) is 1.44. The van der Waals surface area contributed by atoms with Crippen LogP contribution in [-0.4, -0.2) is 38.1 Å². The van der Waals surface area contributed by atoms with Crippen LogP contribution in [-0.2, 0) is 14.3 Å². The second-order valence-electron chi connectivity index (χ2n) is 4.01. The third-order valence-corrected chi connectivity index (χ3v) is 2.50. The molecular weight excluding hydrogens is 310 g/mol. The summed E-state index contributed by atoms with van der Waals surface area (Å²) in [5.41, 5.74) is 0.927. The maximum absolute atomic E-state index is 11.3. The molecule has 0 unspecified atom stereocenters. The molecule has 0 heterocycles. The third-order valence-electron chi connectivity index (χ3n) is 2.29. The molecule has 0 fully saturated rings. The highest BCUT2D eigenvalue weighted by molar-refractivity contribution is 7.80. The number of thiocarbonyl (C=S) groups is 1. The predicted molar refractivity (Wildman–Crippen MR) is 85.0 cm³/mol. The summed E-state index contributed by atoms with van der Waals surface area (Å²) in [6, 6.07) is 4.90. The van der Waals surface area contributed by atoms with Crippen LogP contribution in [0.4, 0.5) is 16.2 Å². The maximum Gasteiger partial charge on any atom is 0.413 e. The number of methoxy groups -OCH3 is 2. The zero-order chi connectivity index (χ0) is 16.5. The largest absolute Gasteiger partial charge is 0.467 e. The summed E-state index contributed by atoms with van der Waals surface area (Å²) in [5.74, 6) is 0.238. The summed E-state index contributed by atoms with van der Waals surface area (Å²) in [6.07, 6.45) is -0.696. The van der Waals surface area contributed by atoms with Gasteiger partial charge in [0.2, 0.25) is 5.91 Å². The van der Waals surface area contributed by atoms with Crippen molar-refractivity contribution in [1.82, 2.24) is 5.32 Å². The number of carbonyl (C=O) groups is 2. The van der Waals surface area contributed by atoms with Gasteiger partial charge in [-0.15, -0.1) is 0 Å². The van der Waals surface area contributed by atoms with Crippen LogP contribution in [0.2, 0.25) is 0 Å². The van der Waals surface area contributed by atoms with Gasteiger partial charge in [-0.2, -0.15) is 0 Å². The van der Waals surface area contributed by atoms with Gasteiger partial charge in [0.15, 0.2) is 11.9 Å². The van der Waals surface area contributed by atoms with E-state index in [1.807, 2.05) is 0 Å². The van der Waals surface area contributed by atoms with Gasteiger partial charge >= 0.3 is 6.09 Å². The van der Waals surface area contributed by atoms with Crippen LogP contribution in [0.25, 0.3) is 0 Å². The molecule has 0 saturated heterocycles. The van der Waals surface area contributed by atoms with Crippen LogP contribution in [0.1, 0.15) is 6.92 Å². The number of anilines is 2. The highest BCUT2D eigenvalue weighted by Crippen LogP contribution is 2.27. The topological polar surface area (TPSA) is 97.9 Å². The van der Waals surface area contributed by atoms with Gasteiger partial charge in [-0.1, -0.05) is 0 Å². The highest BCUT2D eigenvalue weighted by Gasteiger charge is 2.10. The smallest absolute Gasteiger partial charge is 0.413 e. The van der Waals surface area contributed by atoms with Crippen LogP contribution in [0, 0.1) is 0 Å². The Morgan fingerprint density at radius 3 is 2.50 bits per heavy atom. The molecule has 0 aromatic heterocycles. The first-order valence-electron chi connectivity index (χ1n) is 6.15. The molecule has 0 aliphatic rings. The Hall–Kier alpha value is -2.39. The number of alkyl carbamates (subject to hydrolysis) is 1. The van der Waals surface area contributed by atoms with E-state index in [1.165, 1.54) is 21.1 Å². The van der Waals surface area contributed by atoms with E-state index in [0.29, 0.717) is 17.1 Å². The van der Waals surface area contributed by atoms with E-state index in [9.17, 15) is 9.59 Å². The lowest BCUT2D eigenvalue weighted by Crippen LogP contribution is -2.34. The van der Waals surface area contributed by atoms with Crippen molar-refractivity contribution in [3.8, 4) is 5.75 Å². The van der Waals surface area contributed by atoms with Crippen molar-refractivity contribution in [1.29, 1.82) is 0 Å². The average Bonchev–Trinajstić information content (AvgIpc) is 2.46. The summed E-state index contributed by atoms with van der Waals surface area (Å²) in [5, 5.41) is 7.75. The summed E-state index contributed by atoms with van der Waals surface area (Å²) in [4.78, 5) is 22.4. The molecule has 0 aliphatic carbocycles. The first-order valence-corrected chi connectivity index (χ1v) is 6.56. The Morgan fingerprint density at radius 1 is 1.18 bits per heavy atom. The van der Waals surface area contributed by atoms with Gasteiger partial charge in [0, 0.05) is 20.1 Å². The molecule has 8 nitrogen and oxygen atoms in total. The molecule has 0 radical (unpaired) electrons. The van der Waals surface area contributed by atoms with Gasteiger partial charge in [-0.05, 0) is 24.4 Å². The second-order valence-corrected chi connectivity index (χ2v) is 4.42. The van der Waals surface area contributed by atoms with Crippen molar-refractivity contribution in [2.75, 3.05) is 31.6 Å². The number of rotatable bonds is 5. The van der Waals surface area contributed by atoms with E-state index < -0.39 is 6.09 Å². The molecule has 1 aromatic rings. The van der Waals surface area contributed by atoms with E-state index in [2.05, 4.69) is 20.7 Å². The number of benzene rings is 1. The maximum atomic E-state index is 11.3. The van der Waals surface area contributed by atoms with E-state index in [1.54, 1.807) is 18.2 Å².